The third-order valence-corrected chi connectivity index (χ3v) is 2.24. The average Bonchev–Trinajstić information content (AvgIpc) is 2.58. The van der Waals surface area contributed by atoms with Crippen molar-refractivity contribution in [2.24, 2.45) is 7.05 Å². The van der Waals surface area contributed by atoms with Gasteiger partial charge in [-0.2, -0.15) is 5.10 Å². The second-order valence-corrected chi connectivity index (χ2v) is 3.51. The van der Waals surface area contributed by atoms with E-state index in [2.05, 4.69) is 15.4 Å². The summed E-state index contributed by atoms with van der Waals surface area (Å²) in [6, 6.07) is 3.72. The van der Waals surface area contributed by atoms with Crippen LogP contribution in [0.3, 0.4) is 0 Å². The summed E-state index contributed by atoms with van der Waals surface area (Å²) in [7, 11) is 3.49. The van der Waals surface area contributed by atoms with Crippen molar-refractivity contribution in [3.63, 3.8) is 0 Å². The molecular weight excluding hydrogens is 204 g/mol. The molecule has 1 N–H and O–H groups in total. The van der Waals surface area contributed by atoms with Crippen molar-refractivity contribution in [3.05, 3.63) is 30.2 Å². The summed E-state index contributed by atoms with van der Waals surface area (Å²) in [5.74, 6) is 0.589. The van der Waals surface area contributed by atoms with Gasteiger partial charge >= 0.3 is 0 Å². The molecule has 0 bridgehead atoms. The predicted octanol–water partition coefficient (Wildman–Crippen LogP) is 1.88. The van der Waals surface area contributed by atoms with Crippen LogP contribution in [0.1, 0.15) is 5.69 Å². The van der Waals surface area contributed by atoms with Gasteiger partial charge in [-0.3, -0.25) is 4.68 Å². The molecule has 0 aliphatic carbocycles. The first-order valence-electron chi connectivity index (χ1n) is 4.96. The molecule has 0 spiro atoms. The van der Waals surface area contributed by atoms with E-state index >= 15 is 0 Å². The van der Waals surface area contributed by atoms with E-state index in [1.807, 2.05) is 32.3 Å². The number of hydrogen-bond acceptors (Lipinski definition) is 4. The van der Waals surface area contributed by atoms with E-state index in [0.29, 0.717) is 5.88 Å². The average molecular weight is 218 g/mol. The third-order valence-electron chi connectivity index (χ3n) is 2.24. The lowest BCUT2D eigenvalue weighted by Gasteiger charge is -2.05. The summed E-state index contributed by atoms with van der Waals surface area (Å²) >= 11 is 0. The minimum atomic E-state index is 0.589. The molecule has 0 radical (unpaired) electrons. The summed E-state index contributed by atoms with van der Waals surface area (Å²) in [5, 5.41) is 7.52. The van der Waals surface area contributed by atoms with Crippen LogP contribution in [0.25, 0.3) is 0 Å². The molecule has 2 aromatic heterocycles. The molecule has 0 saturated carbocycles. The molecule has 0 fully saturated rings. The molecule has 0 amide bonds. The number of nitrogens with zero attached hydrogens (tertiary/aromatic N) is 3. The molecule has 84 valence electrons. The number of aryl methyl sites for hydroxylation is 2. The van der Waals surface area contributed by atoms with Gasteiger partial charge in [0.1, 0.15) is 0 Å². The Labute approximate surface area is 94.1 Å². The van der Waals surface area contributed by atoms with Crippen LogP contribution in [0.2, 0.25) is 0 Å². The van der Waals surface area contributed by atoms with E-state index in [4.69, 9.17) is 4.74 Å². The summed E-state index contributed by atoms with van der Waals surface area (Å²) in [6.45, 7) is 1.96. The maximum atomic E-state index is 5.06. The third kappa shape index (κ3) is 2.13. The topological polar surface area (TPSA) is 52.0 Å². The number of aromatic nitrogens is 3. The molecule has 16 heavy (non-hydrogen) atoms. The van der Waals surface area contributed by atoms with Gasteiger partial charge in [-0.25, -0.2) is 4.98 Å². The van der Waals surface area contributed by atoms with E-state index in [-0.39, 0.29) is 0 Å². The van der Waals surface area contributed by atoms with Crippen molar-refractivity contribution in [3.8, 4) is 5.88 Å². The van der Waals surface area contributed by atoms with Gasteiger partial charge in [0.2, 0.25) is 5.88 Å². The molecule has 0 unspecified atom stereocenters. The number of ether oxygens (including phenoxy) is 1. The van der Waals surface area contributed by atoms with Crippen LogP contribution in [-0.2, 0) is 7.05 Å². The highest BCUT2D eigenvalue weighted by Crippen LogP contribution is 2.21. The first kappa shape index (κ1) is 10.5. The number of methoxy groups -OCH3 is 1. The Morgan fingerprint density at radius 2 is 2.25 bits per heavy atom. The number of rotatable bonds is 3. The molecule has 2 rings (SSSR count). The van der Waals surface area contributed by atoms with Gasteiger partial charge in [0.05, 0.1) is 18.5 Å². The second-order valence-electron chi connectivity index (χ2n) is 3.51. The quantitative estimate of drug-likeness (QED) is 0.854. The Bertz CT molecular complexity index is 492. The summed E-state index contributed by atoms with van der Waals surface area (Å²) < 4.78 is 6.83. The Kier molecular flexibility index (Phi) is 2.76. The molecular formula is C11H14N4O. The molecule has 2 aromatic rings. The lowest BCUT2D eigenvalue weighted by atomic mass is 10.3. The fourth-order valence-corrected chi connectivity index (χ4v) is 1.48. The van der Waals surface area contributed by atoms with Crippen LogP contribution in [-0.4, -0.2) is 21.9 Å². The fraction of sp³-hybridized carbons (Fsp3) is 0.273. The van der Waals surface area contributed by atoms with Gasteiger partial charge in [-0.1, -0.05) is 0 Å². The number of nitrogens with one attached hydrogen (secondary N) is 1. The van der Waals surface area contributed by atoms with Gasteiger partial charge in [-0.15, -0.1) is 0 Å². The van der Waals surface area contributed by atoms with Gasteiger partial charge in [0.15, 0.2) is 0 Å². The highest BCUT2D eigenvalue weighted by atomic mass is 16.5. The standard InChI is InChI=1S/C11H14N4O/c1-8-10(7-15(2)14-8)13-9-4-5-12-11(6-9)16-3/h4-7H,1-3H3,(H,12,13). The van der Waals surface area contributed by atoms with Crippen molar-refractivity contribution in [2.75, 3.05) is 12.4 Å². The summed E-state index contributed by atoms with van der Waals surface area (Å²) in [5.41, 5.74) is 2.87. The van der Waals surface area contributed by atoms with E-state index in [1.54, 1.807) is 18.0 Å². The van der Waals surface area contributed by atoms with Gasteiger partial charge < -0.3 is 10.1 Å². The predicted molar refractivity (Wildman–Crippen MR) is 62.0 cm³/mol. The molecule has 0 aromatic carbocycles. The molecule has 5 heteroatoms. The van der Waals surface area contributed by atoms with Crippen molar-refractivity contribution in [1.29, 1.82) is 0 Å². The molecule has 0 aliphatic rings. The molecule has 0 aliphatic heterocycles. The number of anilines is 2. The van der Waals surface area contributed by atoms with Crippen molar-refractivity contribution in [2.45, 2.75) is 6.92 Å². The van der Waals surface area contributed by atoms with Crippen molar-refractivity contribution < 1.29 is 4.74 Å². The summed E-state index contributed by atoms with van der Waals surface area (Å²) in [6.07, 6.45) is 3.63. The minimum absolute atomic E-state index is 0.589. The van der Waals surface area contributed by atoms with Gasteiger partial charge in [0, 0.05) is 31.2 Å². The minimum Gasteiger partial charge on any atom is -0.481 e. The van der Waals surface area contributed by atoms with Crippen LogP contribution in [0.5, 0.6) is 5.88 Å². The second kappa shape index (κ2) is 4.22. The largest absolute Gasteiger partial charge is 0.481 e. The normalized spacial score (nSPS) is 10.2. The highest BCUT2D eigenvalue weighted by Gasteiger charge is 2.03. The zero-order valence-electron chi connectivity index (χ0n) is 9.56. The lowest BCUT2D eigenvalue weighted by molar-refractivity contribution is 0.398. The Balaban J connectivity index is 2.23. The molecule has 5 nitrogen and oxygen atoms in total. The van der Waals surface area contributed by atoms with Crippen LogP contribution >= 0.6 is 0 Å². The highest BCUT2D eigenvalue weighted by molar-refractivity contribution is 5.61. The van der Waals surface area contributed by atoms with E-state index in [0.717, 1.165) is 17.1 Å². The molecule has 2 heterocycles. The number of pyridine rings is 1. The molecule has 0 atom stereocenters. The smallest absolute Gasteiger partial charge is 0.214 e. The van der Waals surface area contributed by atoms with Crippen LogP contribution < -0.4 is 10.1 Å². The zero-order valence-corrected chi connectivity index (χ0v) is 9.56. The maximum absolute atomic E-state index is 5.06. The van der Waals surface area contributed by atoms with Crippen LogP contribution in [0, 0.1) is 6.92 Å². The Morgan fingerprint density at radius 1 is 1.44 bits per heavy atom. The maximum Gasteiger partial charge on any atom is 0.214 e. The van der Waals surface area contributed by atoms with Crippen molar-refractivity contribution >= 4 is 11.4 Å². The van der Waals surface area contributed by atoms with Crippen LogP contribution in [0.15, 0.2) is 24.5 Å². The zero-order chi connectivity index (χ0) is 11.5. The fourth-order valence-electron chi connectivity index (χ4n) is 1.48. The van der Waals surface area contributed by atoms with Gasteiger partial charge in [0.25, 0.3) is 0 Å². The Hall–Kier alpha value is -2.04. The first-order valence-corrected chi connectivity index (χ1v) is 4.96. The SMILES string of the molecule is COc1cc(Nc2cn(C)nc2C)ccn1. The lowest BCUT2D eigenvalue weighted by Crippen LogP contribution is -1.93. The monoisotopic (exact) mass is 218 g/mol. The van der Waals surface area contributed by atoms with E-state index in [9.17, 15) is 0 Å². The van der Waals surface area contributed by atoms with E-state index in [1.165, 1.54) is 0 Å². The Morgan fingerprint density at radius 3 is 2.88 bits per heavy atom. The summed E-state index contributed by atoms with van der Waals surface area (Å²) in [4.78, 5) is 4.04. The van der Waals surface area contributed by atoms with Gasteiger partial charge in [-0.05, 0) is 13.0 Å². The number of hydrogen-bond donors (Lipinski definition) is 1. The van der Waals surface area contributed by atoms with E-state index < -0.39 is 0 Å². The van der Waals surface area contributed by atoms with Crippen molar-refractivity contribution in [1.82, 2.24) is 14.8 Å². The first-order chi connectivity index (χ1) is 7.69. The molecule has 0 saturated heterocycles. The van der Waals surface area contributed by atoms with Crippen LogP contribution in [0.4, 0.5) is 11.4 Å².